The molecule has 0 amide bonds. The largest absolute Gasteiger partial charge is 0.480 e. The Morgan fingerprint density at radius 3 is 2.80 bits per heavy atom. The number of carboxylic acid groups (broad SMARTS) is 1. The lowest BCUT2D eigenvalue weighted by Crippen LogP contribution is -2.30. The van der Waals surface area contributed by atoms with Crippen LogP contribution in [0, 0.1) is 6.92 Å². The van der Waals surface area contributed by atoms with Crippen LogP contribution in [-0.4, -0.2) is 15.6 Å². The Hall–Kier alpha value is -1.58. The second kappa shape index (κ2) is 4.77. The lowest BCUT2D eigenvalue weighted by Gasteiger charge is -2.14. The summed E-state index contributed by atoms with van der Waals surface area (Å²) in [4.78, 5) is 22.7. The average molecular weight is 209 g/mol. The maximum absolute atomic E-state index is 11.7. The molecule has 1 atom stereocenters. The van der Waals surface area contributed by atoms with Crippen LogP contribution < -0.4 is 5.56 Å². The molecule has 1 heterocycles. The first-order valence-electron chi connectivity index (χ1n) is 4.98. The molecule has 1 unspecified atom stereocenters. The van der Waals surface area contributed by atoms with Gasteiger partial charge >= 0.3 is 5.97 Å². The van der Waals surface area contributed by atoms with E-state index in [0.717, 1.165) is 6.42 Å². The fourth-order valence-corrected chi connectivity index (χ4v) is 1.52. The van der Waals surface area contributed by atoms with Crippen molar-refractivity contribution in [2.24, 2.45) is 0 Å². The SMILES string of the molecule is CCCC(C(=O)O)n1cccc(C)c1=O. The summed E-state index contributed by atoms with van der Waals surface area (Å²) in [5, 5.41) is 9.01. The van der Waals surface area contributed by atoms with Crippen molar-refractivity contribution in [2.75, 3.05) is 0 Å². The van der Waals surface area contributed by atoms with Crippen LogP contribution in [0.2, 0.25) is 0 Å². The molecule has 1 rings (SSSR count). The van der Waals surface area contributed by atoms with Crippen molar-refractivity contribution in [1.29, 1.82) is 0 Å². The number of aliphatic carboxylic acids is 1. The van der Waals surface area contributed by atoms with Crippen molar-refractivity contribution in [3.05, 3.63) is 34.2 Å². The first-order valence-corrected chi connectivity index (χ1v) is 4.98. The summed E-state index contributed by atoms with van der Waals surface area (Å²) in [5.41, 5.74) is 0.346. The Kier molecular flexibility index (Phi) is 3.66. The van der Waals surface area contributed by atoms with Gasteiger partial charge in [0, 0.05) is 11.8 Å². The fraction of sp³-hybridized carbons (Fsp3) is 0.455. The van der Waals surface area contributed by atoms with Gasteiger partial charge in [0.1, 0.15) is 6.04 Å². The molecule has 0 fully saturated rings. The summed E-state index contributed by atoms with van der Waals surface area (Å²) in [7, 11) is 0. The number of carboxylic acids is 1. The van der Waals surface area contributed by atoms with Crippen LogP contribution in [0.1, 0.15) is 31.4 Å². The third-order valence-electron chi connectivity index (χ3n) is 2.35. The third-order valence-corrected chi connectivity index (χ3v) is 2.35. The van der Waals surface area contributed by atoms with E-state index in [-0.39, 0.29) is 5.56 Å². The van der Waals surface area contributed by atoms with E-state index in [2.05, 4.69) is 0 Å². The third kappa shape index (κ3) is 2.46. The molecule has 0 radical (unpaired) electrons. The predicted molar refractivity (Wildman–Crippen MR) is 57.0 cm³/mol. The number of aromatic nitrogens is 1. The van der Waals surface area contributed by atoms with Gasteiger partial charge in [-0.1, -0.05) is 19.4 Å². The maximum atomic E-state index is 11.7. The molecule has 1 N–H and O–H groups in total. The molecule has 4 nitrogen and oxygen atoms in total. The molecule has 1 aromatic heterocycles. The van der Waals surface area contributed by atoms with E-state index in [4.69, 9.17) is 5.11 Å². The van der Waals surface area contributed by atoms with Crippen LogP contribution in [0.4, 0.5) is 0 Å². The highest BCUT2D eigenvalue weighted by molar-refractivity contribution is 5.71. The van der Waals surface area contributed by atoms with E-state index in [1.807, 2.05) is 6.92 Å². The molecule has 0 aliphatic carbocycles. The lowest BCUT2D eigenvalue weighted by molar-refractivity contribution is -0.141. The zero-order chi connectivity index (χ0) is 11.4. The van der Waals surface area contributed by atoms with Gasteiger partial charge in [-0.25, -0.2) is 4.79 Å². The normalized spacial score (nSPS) is 12.4. The number of nitrogens with zero attached hydrogens (tertiary/aromatic N) is 1. The summed E-state index contributed by atoms with van der Waals surface area (Å²) in [6.07, 6.45) is 2.74. The molecule has 0 saturated heterocycles. The quantitative estimate of drug-likeness (QED) is 0.819. The second-order valence-electron chi connectivity index (χ2n) is 3.55. The highest BCUT2D eigenvalue weighted by Crippen LogP contribution is 2.11. The Morgan fingerprint density at radius 2 is 2.27 bits per heavy atom. The molecule has 0 bridgehead atoms. The molecule has 0 spiro atoms. The minimum atomic E-state index is -0.954. The minimum absolute atomic E-state index is 0.224. The van der Waals surface area contributed by atoms with Crippen molar-refractivity contribution >= 4 is 5.97 Å². The number of carbonyl (C=O) groups is 1. The molecule has 1 aromatic rings. The van der Waals surface area contributed by atoms with E-state index < -0.39 is 12.0 Å². The number of rotatable bonds is 4. The van der Waals surface area contributed by atoms with Gasteiger partial charge in [-0.3, -0.25) is 4.79 Å². The zero-order valence-corrected chi connectivity index (χ0v) is 8.93. The van der Waals surface area contributed by atoms with Crippen LogP contribution in [0.25, 0.3) is 0 Å². The summed E-state index contributed by atoms with van der Waals surface area (Å²) in [6, 6.07) is 2.63. The van der Waals surface area contributed by atoms with Crippen LogP contribution in [-0.2, 0) is 4.79 Å². The highest BCUT2D eigenvalue weighted by atomic mass is 16.4. The average Bonchev–Trinajstić information content (AvgIpc) is 2.19. The van der Waals surface area contributed by atoms with E-state index in [0.29, 0.717) is 12.0 Å². The van der Waals surface area contributed by atoms with E-state index in [1.165, 1.54) is 10.8 Å². The minimum Gasteiger partial charge on any atom is -0.480 e. The summed E-state index contributed by atoms with van der Waals surface area (Å²) < 4.78 is 1.29. The van der Waals surface area contributed by atoms with Gasteiger partial charge in [0.05, 0.1) is 0 Å². The van der Waals surface area contributed by atoms with E-state index in [1.54, 1.807) is 19.1 Å². The van der Waals surface area contributed by atoms with Gasteiger partial charge in [0.2, 0.25) is 0 Å². The number of aryl methyl sites for hydroxylation is 1. The smallest absolute Gasteiger partial charge is 0.326 e. The first-order chi connectivity index (χ1) is 7.07. The molecule has 0 saturated carbocycles. The Labute approximate surface area is 88.2 Å². The van der Waals surface area contributed by atoms with Crippen LogP contribution in [0.5, 0.6) is 0 Å². The molecule has 82 valence electrons. The number of pyridine rings is 1. The highest BCUT2D eigenvalue weighted by Gasteiger charge is 2.19. The fourth-order valence-electron chi connectivity index (χ4n) is 1.52. The van der Waals surface area contributed by atoms with Crippen molar-refractivity contribution in [3.8, 4) is 0 Å². The summed E-state index contributed by atoms with van der Waals surface area (Å²) in [6.45, 7) is 3.58. The molecular formula is C11H15NO3. The van der Waals surface area contributed by atoms with Gasteiger partial charge in [-0.15, -0.1) is 0 Å². The van der Waals surface area contributed by atoms with Gasteiger partial charge in [-0.2, -0.15) is 0 Å². The molecule has 15 heavy (non-hydrogen) atoms. The zero-order valence-electron chi connectivity index (χ0n) is 8.93. The topological polar surface area (TPSA) is 59.3 Å². The van der Waals surface area contributed by atoms with Gasteiger partial charge in [0.15, 0.2) is 0 Å². The van der Waals surface area contributed by atoms with Gasteiger partial charge in [-0.05, 0) is 19.4 Å². The van der Waals surface area contributed by atoms with Crippen molar-refractivity contribution in [2.45, 2.75) is 32.7 Å². The standard InChI is InChI=1S/C11H15NO3/c1-3-5-9(11(14)15)12-7-4-6-8(2)10(12)13/h4,6-7,9H,3,5H2,1-2H3,(H,14,15). The van der Waals surface area contributed by atoms with Gasteiger partial charge < -0.3 is 9.67 Å². The van der Waals surface area contributed by atoms with Crippen molar-refractivity contribution in [1.82, 2.24) is 4.57 Å². The Balaban J connectivity index is 3.17. The predicted octanol–water partition coefficient (Wildman–Crippen LogP) is 1.58. The summed E-state index contributed by atoms with van der Waals surface area (Å²) in [5.74, 6) is -0.954. The van der Waals surface area contributed by atoms with Crippen LogP contribution in [0.15, 0.2) is 23.1 Å². The second-order valence-corrected chi connectivity index (χ2v) is 3.55. The monoisotopic (exact) mass is 209 g/mol. The number of hydrogen-bond donors (Lipinski definition) is 1. The van der Waals surface area contributed by atoms with E-state index in [9.17, 15) is 9.59 Å². The summed E-state index contributed by atoms with van der Waals surface area (Å²) >= 11 is 0. The van der Waals surface area contributed by atoms with Crippen molar-refractivity contribution in [3.63, 3.8) is 0 Å². The molecular weight excluding hydrogens is 194 g/mol. The molecule has 0 aromatic carbocycles. The van der Waals surface area contributed by atoms with Crippen molar-refractivity contribution < 1.29 is 9.90 Å². The Bertz CT molecular complexity index is 409. The molecule has 4 heteroatoms. The lowest BCUT2D eigenvalue weighted by atomic mass is 10.1. The van der Waals surface area contributed by atoms with Crippen LogP contribution >= 0.6 is 0 Å². The van der Waals surface area contributed by atoms with Crippen LogP contribution in [0.3, 0.4) is 0 Å². The number of hydrogen-bond acceptors (Lipinski definition) is 2. The first kappa shape index (κ1) is 11.5. The van der Waals surface area contributed by atoms with Gasteiger partial charge in [0.25, 0.3) is 5.56 Å². The Morgan fingerprint density at radius 1 is 1.60 bits per heavy atom. The van der Waals surface area contributed by atoms with E-state index >= 15 is 0 Å². The molecule has 0 aliphatic rings. The maximum Gasteiger partial charge on any atom is 0.326 e. The molecule has 0 aliphatic heterocycles.